The minimum absolute atomic E-state index is 0.0376. The van der Waals surface area contributed by atoms with Gasteiger partial charge in [0.1, 0.15) is 6.04 Å². The number of rotatable bonds is 4. The molecule has 19 heavy (non-hydrogen) atoms. The van der Waals surface area contributed by atoms with E-state index in [1.807, 2.05) is 6.92 Å². The van der Waals surface area contributed by atoms with Gasteiger partial charge in [0.05, 0.1) is 0 Å². The number of nitrogens with zero attached hydrogens (tertiary/aromatic N) is 1. The van der Waals surface area contributed by atoms with Gasteiger partial charge in [-0.25, -0.2) is 0 Å². The van der Waals surface area contributed by atoms with E-state index in [1.54, 1.807) is 4.90 Å². The van der Waals surface area contributed by atoms with Crippen molar-refractivity contribution in [2.45, 2.75) is 57.5 Å². The highest BCUT2D eigenvalue weighted by molar-refractivity contribution is 5.88. The predicted octanol–water partition coefficient (Wildman–Crippen LogP) is 0.646. The average molecular weight is 267 g/mol. The van der Waals surface area contributed by atoms with Gasteiger partial charge in [-0.15, -0.1) is 0 Å². The first-order chi connectivity index (χ1) is 9.22. The molecule has 0 radical (unpaired) electrons. The van der Waals surface area contributed by atoms with E-state index >= 15 is 0 Å². The molecule has 2 aliphatic rings. The summed E-state index contributed by atoms with van der Waals surface area (Å²) >= 11 is 0. The van der Waals surface area contributed by atoms with Crippen LogP contribution in [0.2, 0.25) is 0 Å². The maximum absolute atomic E-state index is 12.3. The summed E-state index contributed by atoms with van der Waals surface area (Å²) < 4.78 is 0. The second-order valence-electron chi connectivity index (χ2n) is 5.55. The van der Waals surface area contributed by atoms with Gasteiger partial charge in [-0.1, -0.05) is 6.92 Å². The summed E-state index contributed by atoms with van der Waals surface area (Å²) in [6.07, 6.45) is 5.28. The van der Waals surface area contributed by atoms with E-state index in [4.69, 9.17) is 0 Å². The molecule has 2 N–H and O–H groups in total. The molecule has 0 aromatic carbocycles. The first kappa shape index (κ1) is 14.3. The zero-order chi connectivity index (χ0) is 13.7. The zero-order valence-electron chi connectivity index (χ0n) is 11.8. The number of likely N-dealkylation sites (tertiary alicyclic amines) is 1. The Balaban J connectivity index is 1.87. The molecular formula is C14H25N3O2. The standard InChI is InChI=1S/C14H25N3O2/c1-2-5-13(18)17-9-4-7-12(17)14(19)16-11-6-3-8-15-10-11/h11-12,15H,2-10H2,1H3,(H,16,19). The summed E-state index contributed by atoms with van der Waals surface area (Å²) in [6, 6.07) is -0.00838. The molecule has 0 aromatic heterocycles. The summed E-state index contributed by atoms with van der Waals surface area (Å²) in [5.41, 5.74) is 0. The van der Waals surface area contributed by atoms with Crippen molar-refractivity contribution in [3.05, 3.63) is 0 Å². The minimum Gasteiger partial charge on any atom is -0.350 e. The molecule has 0 aromatic rings. The van der Waals surface area contributed by atoms with Gasteiger partial charge < -0.3 is 15.5 Å². The Morgan fingerprint density at radius 1 is 1.32 bits per heavy atom. The number of nitrogens with one attached hydrogen (secondary N) is 2. The minimum atomic E-state index is -0.235. The Morgan fingerprint density at radius 3 is 2.84 bits per heavy atom. The van der Waals surface area contributed by atoms with E-state index in [9.17, 15) is 9.59 Å². The van der Waals surface area contributed by atoms with Gasteiger partial charge >= 0.3 is 0 Å². The average Bonchev–Trinajstić information content (AvgIpc) is 2.89. The van der Waals surface area contributed by atoms with Crippen LogP contribution in [0.5, 0.6) is 0 Å². The number of carbonyl (C=O) groups excluding carboxylic acids is 2. The normalized spacial score (nSPS) is 27.3. The third-order valence-electron chi connectivity index (χ3n) is 3.98. The van der Waals surface area contributed by atoms with Crippen LogP contribution in [-0.4, -0.2) is 48.4 Å². The van der Waals surface area contributed by atoms with Crippen LogP contribution in [0.25, 0.3) is 0 Å². The fourth-order valence-corrected chi connectivity index (χ4v) is 2.97. The SMILES string of the molecule is CCCC(=O)N1CCCC1C(=O)NC1CCCNC1. The summed E-state index contributed by atoms with van der Waals surface area (Å²) in [5.74, 6) is 0.164. The zero-order valence-corrected chi connectivity index (χ0v) is 11.8. The Hall–Kier alpha value is -1.10. The molecule has 5 nitrogen and oxygen atoms in total. The highest BCUT2D eigenvalue weighted by Gasteiger charge is 2.34. The van der Waals surface area contributed by atoms with Gasteiger partial charge in [-0.2, -0.15) is 0 Å². The van der Waals surface area contributed by atoms with E-state index in [2.05, 4.69) is 10.6 Å². The maximum Gasteiger partial charge on any atom is 0.243 e. The molecule has 5 heteroatoms. The van der Waals surface area contributed by atoms with Crippen molar-refractivity contribution in [1.82, 2.24) is 15.5 Å². The van der Waals surface area contributed by atoms with E-state index in [1.165, 1.54) is 0 Å². The van der Waals surface area contributed by atoms with E-state index in [-0.39, 0.29) is 23.9 Å². The molecule has 2 aliphatic heterocycles. The number of hydrogen-bond acceptors (Lipinski definition) is 3. The van der Waals surface area contributed by atoms with Crippen molar-refractivity contribution in [1.29, 1.82) is 0 Å². The largest absolute Gasteiger partial charge is 0.350 e. The van der Waals surface area contributed by atoms with Crippen LogP contribution in [0.1, 0.15) is 45.4 Å². The third-order valence-corrected chi connectivity index (χ3v) is 3.98. The third kappa shape index (κ3) is 3.69. The molecule has 2 fully saturated rings. The Labute approximate surface area is 115 Å². The monoisotopic (exact) mass is 267 g/mol. The highest BCUT2D eigenvalue weighted by atomic mass is 16.2. The lowest BCUT2D eigenvalue weighted by atomic mass is 10.1. The lowest BCUT2D eigenvalue weighted by molar-refractivity contribution is -0.138. The van der Waals surface area contributed by atoms with Gasteiger partial charge in [0, 0.05) is 25.6 Å². The highest BCUT2D eigenvalue weighted by Crippen LogP contribution is 2.19. The molecule has 2 amide bonds. The van der Waals surface area contributed by atoms with Crippen LogP contribution >= 0.6 is 0 Å². The second kappa shape index (κ2) is 6.89. The molecule has 2 heterocycles. The molecule has 2 saturated heterocycles. The maximum atomic E-state index is 12.3. The van der Waals surface area contributed by atoms with Crippen molar-refractivity contribution in [3.8, 4) is 0 Å². The van der Waals surface area contributed by atoms with Crippen molar-refractivity contribution in [2.75, 3.05) is 19.6 Å². The molecule has 2 rings (SSSR count). The molecule has 0 saturated carbocycles. The van der Waals surface area contributed by atoms with Gasteiger partial charge in [-0.05, 0) is 38.6 Å². The van der Waals surface area contributed by atoms with E-state index in [0.717, 1.165) is 51.7 Å². The summed E-state index contributed by atoms with van der Waals surface area (Å²) in [6.45, 7) is 4.62. The molecule has 0 aliphatic carbocycles. The van der Waals surface area contributed by atoms with Crippen LogP contribution in [0.4, 0.5) is 0 Å². The van der Waals surface area contributed by atoms with Crippen LogP contribution in [0.15, 0.2) is 0 Å². The topological polar surface area (TPSA) is 61.4 Å². The molecule has 0 spiro atoms. The molecular weight excluding hydrogens is 242 g/mol. The Morgan fingerprint density at radius 2 is 2.16 bits per heavy atom. The number of amides is 2. The molecule has 2 atom stereocenters. The van der Waals surface area contributed by atoms with Crippen molar-refractivity contribution in [2.24, 2.45) is 0 Å². The summed E-state index contributed by atoms with van der Waals surface area (Å²) in [5, 5.41) is 6.38. The van der Waals surface area contributed by atoms with E-state index in [0.29, 0.717) is 6.42 Å². The van der Waals surface area contributed by atoms with Crippen LogP contribution < -0.4 is 10.6 Å². The van der Waals surface area contributed by atoms with Crippen LogP contribution in [0, 0.1) is 0 Å². The van der Waals surface area contributed by atoms with Crippen molar-refractivity contribution < 1.29 is 9.59 Å². The van der Waals surface area contributed by atoms with Crippen molar-refractivity contribution in [3.63, 3.8) is 0 Å². The molecule has 108 valence electrons. The smallest absolute Gasteiger partial charge is 0.243 e. The van der Waals surface area contributed by atoms with Gasteiger partial charge in [-0.3, -0.25) is 9.59 Å². The second-order valence-corrected chi connectivity index (χ2v) is 5.55. The number of hydrogen-bond donors (Lipinski definition) is 2. The van der Waals surface area contributed by atoms with Crippen LogP contribution in [-0.2, 0) is 9.59 Å². The Bertz CT molecular complexity index is 327. The predicted molar refractivity (Wildman–Crippen MR) is 73.7 cm³/mol. The summed E-state index contributed by atoms with van der Waals surface area (Å²) in [7, 11) is 0. The van der Waals surface area contributed by atoms with E-state index < -0.39 is 0 Å². The first-order valence-corrected chi connectivity index (χ1v) is 7.53. The quantitative estimate of drug-likeness (QED) is 0.786. The van der Waals surface area contributed by atoms with Gasteiger partial charge in [0.2, 0.25) is 11.8 Å². The van der Waals surface area contributed by atoms with Crippen molar-refractivity contribution >= 4 is 11.8 Å². The molecule has 0 bridgehead atoms. The fourth-order valence-electron chi connectivity index (χ4n) is 2.97. The first-order valence-electron chi connectivity index (χ1n) is 7.53. The lowest BCUT2D eigenvalue weighted by Crippen LogP contribution is -2.52. The molecule has 2 unspecified atom stereocenters. The van der Waals surface area contributed by atoms with Gasteiger partial charge in [0.25, 0.3) is 0 Å². The summed E-state index contributed by atoms with van der Waals surface area (Å²) in [4.78, 5) is 26.1. The Kier molecular flexibility index (Phi) is 5.19. The van der Waals surface area contributed by atoms with Gasteiger partial charge in [0.15, 0.2) is 0 Å². The fraction of sp³-hybridized carbons (Fsp3) is 0.857. The lowest BCUT2D eigenvalue weighted by Gasteiger charge is -2.28. The van der Waals surface area contributed by atoms with Crippen LogP contribution in [0.3, 0.4) is 0 Å². The number of carbonyl (C=O) groups is 2. The number of piperidine rings is 1.